The topological polar surface area (TPSA) is 12.4 Å². The first kappa shape index (κ1) is 11.3. The van der Waals surface area contributed by atoms with E-state index in [2.05, 4.69) is 54.2 Å². The molecule has 0 saturated carbocycles. The van der Waals surface area contributed by atoms with Gasteiger partial charge < -0.3 is 0 Å². The summed E-state index contributed by atoms with van der Waals surface area (Å²) < 4.78 is 13.8. The molecule has 0 aliphatic rings. The summed E-state index contributed by atoms with van der Waals surface area (Å²) in [7, 11) is 0. The van der Waals surface area contributed by atoms with Crippen molar-refractivity contribution in [1.29, 1.82) is 0 Å². The van der Waals surface area contributed by atoms with Crippen molar-refractivity contribution in [2.24, 2.45) is 4.99 Å². The summed E-state index contributed by atoms with van der Waals surface area (Å²) >= 11 is 16.3. The maximum absolute atomic E-state index is 13.0. The van der Waals surface area contributed by atoms with Crippen molar-refractivity contribution in [3.05, 3.63) is 25.9 Å². The molecule has 0 saturated heterocycles. The first-order chi connectivity index (χ1) is 6.07. The molecule has 0 amide bonds. The van der Waals surface area contributed by atoms with E-state index in [1.807, 2.05) is 0 Å². The van der Waals surface area contributed by atoms with E-state index < -0.39 is 5.82 Å². The van der Waals surface area contributed by atoms with Gasteiger partial charge in [0.15, 0.2) is 0 Å². The molecule has 1 nitrogen and oxygen atoms in total. The lowest BCUT2D eigenvalue weighted by molar-refractivity contribution is 0.626. The van der Waals surface area contributed by atoms with E-state index in [1.54, 1.807) is 0 Å². The minimum absolute atomic E-state index is 0.0211. The van der Waals surface area contributed by atoms with Gasteiger partial charge in [-0.3, -0.25) is 0 Å². The summed E-state index contributed by atoms with van der Waals surface area (Å²) in [6.45, 7) is 0. The number of isothiocyanates is 1. The minimum atomic E-state index is -0.524. The fourth-order valence-corrected chi connectivity index (χ4v) is 2.19. The van der Waals surface area contributed by atoms with Gasteiger partial charge in [0.1, 0.15) is 11.5 Å². The smallest absolute Gasteiger partial charge is 0.144 e. The second kappa shape index (κ2) is 4.62. The van der Waals surface area contributed by atoms with Crippen LogP contribution in [0, 0.1) is 5.82 Å². The Labute approximate surface area is 101 Å². The zero-order valence-corrected chi connectivity index (χ0v) is 10.7. The van der Waals surface area contributed by atoms with E-state index in [4.69, 9.17) is 11.6 Å². The van der Waals surface area contributed by atoms with Crippen molar-refractivity contribution < 1.29 is 4.39 Å². The van der Waals surface area contributed by atoms with Crippen molar-refractivity contribution in [2.75, 3.05) is 0 Å². The number of nitrogens with zero attached hydrogens (tertiary/aromatic N) is 1. The molecule has 0 aromatic heterocycles. The third-order valence-electron chi connectivity index (χ3n) is 1.25. The predicted molar refractivity (Wildman–Crippen MR) is 61.5 cm³/mol. The first-order valence-corrected chi connectivity index (χ1v) is 5.36. The Bertz CT molecular complexity index is 404. The Morgan fingerprint density at radius 3 is 2.69 bits per heavy atom. The Kier molecular flexibility index (Phi) is 4.01. The van der Waals surface area contributed by atoms with Gasteiger partial charge in [0.25, 0.3) is 0 Å². The average Bonchev–Trinajstić information content (AvgIpc) is 2.09. The van der Waals surface area contributed by atoms with Crippen LogP contribution in [0.25, 0.3) is 0 Å². The summed E-state index contributed by atoms with van der Waals surface area (Å²) in [5.41, 5.74) is 0.432. The third kappa shape index (κ3) is 2.36. The van der Waals surface area contributed by atoms with Crippen molar-refractivity contribution in [3.8, 4) is 0 Å². The number of rotatable bonds is 1. The van der Waals surface area contributed by atoms with Gasteiger partial charge in [-0.25, -0.2) is 4.39 Å². The van der Waals surface area contributed by atoms with E-state index in [1.165, 1.54) is 6.07 Å². The SMILES string of the molecule is Fc1cc(Br)c(N=C=S)c(Br)c1Cl. The molecule has 1 aromatic carbocycles. The number of aliphatic imine (C=N–C) groups is 1. The van der Waals surface area contributed by atoms with E-state index in [0.29, 0.717) is 14.6 Å². The number of hydrogen-bond acceptors (Lipinski definition) is 2. The second-order valence-electron chi connectivity index (χ2n) is 2.02. The monoisotopic (exact) mass is 343 g/mol. The fourth-order valence-electron chi connectivity index (χ4n) is 0.705. The highest BCUT2D eigenvalue weighted by Gasteiger charge is 2.12. The molecule has 0 aliphatic heterocycles. The van der Waals surface area contributed by atoms with Crippen LogP contribution in [0.4, 0.5) is 10.1 Å². The van der Waals surface area contributed by atoms with Crippen molar-refractivity contribution in [1.82, 2.24) is 0 Å². The van der Waals surface area contributed by atoms with Crippen LogP contribution in [0.2, 0.25) is 5.02 Å². The van der Waals surface area contributed by atoms with Crippen LogP contribution in [0.3, 0.4) is 0 Å². The third-order valence-corrected chi connectivity index (χ3v) is 3.31. The summed E-state index contributed by atoms with van der Waals surface area (Å²) in [6.07, 6.45) is 0. The minimum Gasteiger partial charge on any atom is -0.205 e. The molecule has 0 spiro atoms. The summed E-state index contributed by atoms with van der Waals surface area (Å²) in [5, 5.41) is 2.16. The van der Waals surface area contributed by atoms with Gasteiger partial charge in [-0.05, 0) is 50.1 Å². The predicted octanol–water partition coefficient (Wildman–Crippen LogP) is 4.74. The molecular weight excluding hydrogens is 344 g/mol. The molecule has 0 heterocycles. The molecule has 0 aliphatic carbocycles. The lowest BCUT2D eigenvalue weighted by atomic mass is 10.3. The maximum atomic E-state index is 13.0. The quantitative estimate of drug-likeness (QED) is 0.310. The van der Waals surface area contributed by atoms with Gasteiger partial charge in [-0.2, -0.15) is 4.99 Å². The van der Waals surface area contributed by atoms with Crippen molar-refractivity contribution in [2.45, 2.75) is 0 Å². The van der Waals surface area contributed by atoms with E-state index >= 15 is 0 Å². The van der Waals surface area contributed by atoms with E-state index in [0.717, 1.165) is 0 Å². The maximum Gasteiger partial charge on any atom is 0.144 e. The molecule has 13 heavy (non-hydrogen) atoms. The number of benzene rings is 1. The molecule has 0 fully saturated rings. The second-order valence-corrected chi connectivity index (χ2v) is 4.23. The molecule has 1 rings (SSSR count). The molecule has 1 aromatic rings. The van der Waals surface area contributed by atoms with Crippen molar-refractivity contribution in [3.63, 3.8) is 0 Å². The van der Waals surface area contributed by atoms with Crippen LogP contribution in [0.5, 0.6) is 0 Å². The van der Waals surface area contributed by atoms with Gasteiger partial charge in [-0.1, -0.05) is 11.6 Å². The van der Waals surface area contributed by atoms with Gasteiger partial charge in [0.2, 0.25) is 0 Å². The van der Waals surface area contributed by atoms with Crippen LogP contribution >= 0.6 is 55.7 Å². The normalized spacial score (nSPS) is 9.54. The van der Waals surface area contributed by atoms with Crippen LogP contribution < -0.4 is 0 Å². The first-order valence-electron chi connectivity index (χ1n) is 2.98. The Hall–Kier alpha value is 0.200. The van der Waals surface area contributed by atoms with Crippen LogP contribution in [0.15, 0.2) is 20.0 Å². The van der Waals surface area contributed by atoms with Gasteiger partial charge in [0, 0.05) is 4.47 Å². The highest BCUT2D eigenvalue weighted by atomic mass is 79.9. The molecule has 0 atom stereocenters. The molecule has 0 bridgehead atoms. The zero-order chi connectivity index (χ0) is 10.0. The average molecular weight is 345 g/mol. The lowest BCUT2D eigenvalue weighted by Gasteiger charge is -2.03. The molecule has 0 unspecified atom stereocenters. The molecular formula is C7HBr2ClFNS. The van der Waals surface area contributed by atoms with Crippen LogP contribution in [0.1, 0.15) is 0 Å². The molecule has 0 radical (unpaired) electrons. The molecule has 68 valence electrons. The van der Waals surface area contributed by atoms with Gasteiger partial charge >= 0.3 is 0 Å². The molecule has 6 heteroatoms. The Morgan fingerprint density at radius 1 is 1.54 bits per heavy atom. The summed E-state index contributed by atoms with van der Waals surface area (Å²) in [6, 6.07) is 1.22. The Morgan fingerprint density at radius 2 is 2.15 bits per heavy atom. The standard InChI is InChI=1S/C7HBr2ClFNS/c8-3-1-4(11)6(10)5(9)7(3)12-2-13/h1H. The largest absolute Gasteiger partial charge is 0.205 e. The Balaban J connectivity index is 3.52. The lowest BCUT2D eigenvalue weighted by Crippen LogP contribution is -1.81. The van der Waals surface area contributed by atoms with Crippen LogP contribution in [-0.4, -0.2) is 5.16 Å². The van der Waals surface area contributed by atoms with Crippen molar-refractivity contribution >= 4 is 66.5 Å². The number of halogens is 4. The van der Waals surface area contributed by atoms with E-state index in [9.17, 15) is 4.39 Å². The highest BCUT2D eigenvalue weighted by molar-refractivity contribution is 9.11. The summed E-state index contributed by atoms with van der Waals surface area (Å²) in [4.78, 5) is 3.73. The zero-order valence-electron chi connectivity index (χ0n) is 5.94. The number of hydrogen-bond donors (Lipinski definition) is 0. The van der Waals surface area contributed by atoms with Gasteiger partial charge in [0.05, 0.1) is 14.7 Å². The fraction of sp³-hybridized carbons (Fsp3) is 0. The highest BCUT2D eigenvalue weighted by Crippen LogP contribution is 2.39. The van der Waals surface area contributed by atoms with Crippen LogP contribution in [-0.2, 0) is 0 Å². The van der Waals surface area contributed by atoms with Gasteiger partial charge in [-0.15, -0.1) is 0 Å². The molecule has 0 N–H and O–H groups in total. The summed E-state index contributed by atoms with van der Waals surface area (Å²) in [5.74, 6) is -0.524. The van der Waals surface area contributed by atoms with E-state index in [-0.39, 0.29) is 5.02 Å². The number of thiocarbonyl (C=S) groups is 1.